The largest absolute Gasteiger partial charge is 0.396 e. The van der Waals surface area contributed by atoms with E-state index in [1.165, 1.54) is 0 Å². The number of para-hydroxylation sites is 1. The molecule has 1 heterocycles. The zero-order valence-electron chi connectivity index (χ0n) is 11.9. The average molecular weight is 275 g/mol. The Kier molecular flexibility index (Phi) is 4.76. The average Bonchev–Trinajstić information content (AvgIpc) is 2.45. The number of anilines is 2. The van der Waals surface area contributed by atoms with Crippen LogP contribution < -0.4 is 11.5 Å². The number of nitrogens with two attached hydrogens (primary N) is 2. The Morgan fingerprint density at radius 1 is 1.05 bits per heavy atom. The van der Waals surface area contributed by atoms with E-state index in [1.54, 1.807) is 0 Å². The van der Waals surface area contributed by atoms with Crippen molar-refractivity contribution in [2.24, 2.45) is 0 Å². The second kappa shape index (κ2) is 6.54. The smallest absolute Gasteiger partial charge is 0.163 e. The maximum atomic E-state index is 6.10. The fraction of sp³-hybridized carbons (Fsp3) is 0.400. The normalized spacial score (nSPS) is 11.3. The first kappa shape index (κ1) is 14.6. The van der Waals surface area contributed by atoms with Gasteiger partial charge in [0, 0.05) is 25.0 Å². The van der Waals surface area contributed by atoms with Crippen LogP contribution in [-0.4, -0.2) is 24.5 Å². The minimum atomic E-state index is -0.347. The number of benzene rings is 1. The number of hydrogen-bond donors (Lipinski definition) is 2. The highest BCUT2D eigenvalue weighted by Gasteiger charge is 2.16. The van der Waals surface area contributed by atoms with E-state index in [-0.39, 0.29) is 6.29 Å². The molecule has 1 aromatic carbocycles. The van der Waals surface area contributed by atoms with Crippen molar-refractivity contribution in [1.29, 1.82) is 0 Å². The monoisotopic (exact) mass is 275 g/mol. The van der Waals surface area contributed by atoms with Crippen molar-refractivity contribution in [2.75, 3.05) is 24.7 Å². The van der Waals surface area contributed by atoms with Crippen LogP contribution in [0.4, 0.5) is 11.4 Å². The van der Waals surface area contributed by atoms with Gasteiger partial charge in [-0.25, -0.2) is 0 Å². The van der Waals surface area contributed by atoms with Crippen molar-refractivity contribution >= 4 is 22.3 Å². The molecule has 108 valence electrons. The van der Waals surface area contributed by atoms with Gasteiger partial charge in [0.25, 0.3) is 0 Å². The molecule has 0 saturated heterocycles. The van der Waals surface area contributed by atoms with Gasteiger partial charge in [-0.05, 0) is 19.9 Å². The number of fused-ring (bicyclic) bond motifs is 1. The Hall–Kier alpha value is -1.85. The number of aromatic nitrogens is 1. The molecule has 20 heavy (non-hydrogen) atoms. The van der Waals surface area contributed by atoms with Crippen molar-refractivity contribution in [1.82, 2.24) is 4.98 Å². The van der Waals surface area contributed by atoms with Crippen molar-refractivity contribution < 1.29 is 9.47 Å². The van der Waals surface area contributed by atoms with Crippen LogP contribution in [-0.2, 0) is 15.9 Å². The first-order chi connectivity index (χ1) is 9.67. The molecule has 0 fully saturated rings. The maximum Gasteiger partial charge on any atom is 0.163 e. The third-order valence-corrected chi connectivity index (χ3v) is 3.12. The number of nitrogens with zero attached hydrogens (tertiary/aromatic N) is 1. The van der Waals surface area contributed by atoms with Gasteiger partial charge >= 0.3 is 0 Å². The number of hydrogen-bond acceptors (Lipinski definition) is 5. The molecule has 0 spiro atoms. The molecule has 4 N–H and O–H groups in total. The van der Waals surface area contributed by atoms with Crippen LogP contribution in [0.1, 0.15) is 19.5 Å². The van der Waals surface area contributed by atoms with Gasteiger partial charge in [-0.15, -0.1) is 0 Å². The topological polar surface area (TPSA) is 83.4 Å². The van der Waals surface area contributed by atoms with E-state index < -0.39 is 0 Å². The van der Waals surface area contributed by atoms with E-state index in [0.29, 0.717) is 36.7 Å². The Morgan fingerprint density at radius 3 is 2.35 bits per heavy atom. The molecular formula is C15H21N3O2. The van der Waals surface area contributed by atoms with E-state index in [1.807, 2.05) is 38.1 Å². The van der Waals surface area contributed by atoms with Crippen LogP contribution >= 0.6 is 0 Å². The summed E-state index contributed by atoms with van der Waals surface area (Å²) in [5, 5.41) is 0.873. The first-order valence-electron chi connectivity index (χ1n) is 6.83. The minimum absolute atomic E-state index is 0.347. The molecule has 0 atom stereocenters. The summed E-state index contributed by atoms with van der Waals surface area (Å²) in [6.45, 7) is 5.01. The predicted octanol–water partition coefficient (Wildman–Crippen LogP) is 2.34. The van der Waals surface area contributed by atoms with E-state index >= 15 is 0 Å². The van der Waals surface area contributed by atoms with Gasteiger partial charge < -0.3 is 20.9 Å². The molecule has 0 radical (unpaired) electrons. The quantitative estimate of drug-likeness (QED) is 0.791. The van der Waals surface area contributed by atoms with Crippen LogP contribution in [0.2, 0.25) is 0 Å². The number of rotatable bonds is 6. The summed E-state index contributed by atoms with van der Waals surface area (Å²) in [6, 6.07) is 7.69. The molecule has 0 aliphatic rings. The van der Waals surface area contributed by atoms with Gasteiger partial charge in [0.05, 0.1) is 22.6 Å². The van der Waals surface area contributed by atoms with Crippen molar-refractivity contribution in [3.8, 4) is 0 Å². The number of ether oxygens (including phenoxy) is 2. The van der Waals surface area contributed by atoms with Crippen molar-refractivity contribution in [3.63, 3.8) is 0 Å². The van der Waals surface area contributed by atoms with Crippen LogP contribution in [0.3, 0.4) is 0 Å². The molecule has 0 amide bonds. The fourth-order valence-electron chi connectivity index (χ4n) is 2.16. The summed E-state index contributed by atoms with van der Waals surface area (Å²) >= 11 is 0. The van der Waals surface area contributed by atoms with Crippen molar-refractivity contribution in [2.45, 2.75) is 26.6 Å². The number of pyridine rings is 1. The van der Waals surface area contributed by atoms with E-state index in [0.717, 1.165) is 10.9 Å². The highest BCUT2D eigenvalue weighted by Crippen LogP contribution is 2.28. The van der Waals surface area contributed by atoms with Crippen LogP contribution in [0, 0.1) is 0 Å². The molecular weight excluding hydrogens is 254 g/mol. The summed E-state index contributed by atoms with van der Waals surface area (Å²) in [4.78, 5) is 4.57. The number of nitrogen functional groups attached to an aromatic ring is 2. The highest BCUT2D eigenvalue weighted by atomic mass is 16.7. The summed E-state index contributed by atoms with van der Waals surface area (Å²) in [6.07, 6.45) is 0.142. The summed E-state index contributed by atoms with van der Waals surface area (Å²) < 4.78 is 11.1. The standard InChI is InChI=1S/C15H21N3O2/c1-3-19-13(20-4-2)9-12-15(17)14(16)10-7-5-6-8-11(10)18-12/h5-8,13H,3-4,9,17H2,1-2H3,(H2,16,18). The summed E-state index contributed by atoms with van der Waals surface area (Å²) in [7, 11) is 0. The van der Waals surface area contributed by atoms with E-state index in [9.17, 15) is 0 Å². The lowest BCUT2D eigenvalue weighted by Crippen LogP contribution is -2.21. The lowest BCUT2D eigenvalue weighted by Gasteiger charge is -2.18. The van der Waals surface area contributed by atoms with E-state index in [2.05, 4.69) is 4.98 Å². The summed E-state index contributed by atoms with van der Waals surface area (Å²) in [5.41, 5.74) is 14.8. The maximum absolute atomic E-state index is 6.10. The zero-order valence-corrected chi connectivity index (χ0v) is 11.9. The van der Waals surface area contributed by atoms with Gasteiger partial charge in [0.2, 0.25) is 0 Å². The lowest BCUT2D eigenvalue weighted by atomic mass is 10.1. The SMILES string of the molecule is CCOC(Cc1nc2ccccc2c(N)c1N)OCC. The van der Waals surface area contributed by atoms with E-state index in [4.69, 9.17) is 20.9 Å². The summed E-state index contributed by atoms with van der Waals surface area (Å²) in [5.74, 6) is 0. The van der Waals surface area contributed by atoms with Crippen molar-refractivity contribution in [3.05, 3.63) is 30.0 Å². The van der Waals surface area contributed by atoms with Gasteiger partial charge in [0.15, 0.2) is 6.29 Å². The second-order valence-corrected chi connectivity index (χ2v) is 4.45. The molecule has 0 saturated carbocycles. The van der Waals surface area contributed by atoms with Gasteiger partial charge in [-0.1, -0.05) is 18.2 Å². The molecule has 0 bridgehead atoms. The van der Waals surface area contributed by atoms with Gasteiger partial charge in [0.1, 0.15) is 0 Å². The molecule has 1 aromatic heterocycles. The van der Waals surface area contributed by atoms with Gasteiger partial charge in [-0.3, -0.25) is 4.98 Å². The Morgan fingerprint density at radius 2 is 1.70 bits per heavy atom. The zero-order chi connectivity index (χ0) is 14.5. The Labute approximate surface area is 118 Å². The predicted molar refractivity (Wildman–Crippen MR) is 81.3 cm³/mol. The minimum Gasteiger partial charge on any atom is -0.396 e. The van der Waals surface area contributed by atoms with Gasteiger partial charge in [-0.2, -0.15) is 0 Å². The molecule has 5 heteroatoms. The van der Waals surface area contributed by atoms with Crippen LogP contribution in [0.25, 0.3) is 10.9 Å². The molecule has 0 aliphatic heterocycles. The van der Waals surface area contributed by atoms with Crippen LogP contribution in [0.15, 0.2) is 24.3 Å². The molecule has 0 aliphatic carbocycles. The Balaban J connectivity index is 2.36. The molecule has 2 aromatic rings. The Bertz CT molecular complexity index is 581. The molecule has 2 rings (SSSR count). The molecule has 5 nitrogen and oxygen atoms in total. The third kappa shape index (κ3) is 3.00. The highest BCUT2D eigenvalue weighted by molar-refractivity contribution is 5.96. The second-order valence-electron chi connectivity index (χ2n) is 4.45. The lowest BCUT2D eigenvalue weighted by molar-refractivity contribution is -0.134. The third-order valence-electron chi connectivity index (χ3n) is 3.12. The first-order valence-corrected chi connectivity index (χ1v) is 6.83. The van der Waals surface area contributed by atoms with Crippen LogP contribution in [0.5, 0.6) is 0 Å². The fourth-order valence-corrected chi connectivity index (χ4v) is 2.16. The molecule has 0 unspecified atom stereocenters.